The number of Topliss-reactive ketones (excluding diaryl/α,β-unsaturated/α-hetero) is 1. The topological polar surface area (TPSA) is 43.1 Å². The summed E-state index contributed by atoms with van der Waals surface area (Å²) in [5.74, 6) is 0.135. The van der Waals surface area contributed by atoms with E-state index in [1.807, 2.05) is 12.1 Å². The van der Waals surface area contributed by atoms with Gasteiger partial charge in [0.15, 0.2) is 0 Å². The van der Waals surface area contributed by atoms with Crippen LogP contribution in [0, 0.1) is 13.8 Å². The Hall–Kier alpha value is -1.15. The molecule has 14 heavy (non-hydrogen) atoms. The van der Waals surface area contributed by atoms with E-state index < -0.39 is 0 Å². The average molecular weight is 191 g/mol. The second-order valence-corrected chi connectivity index (χ2v) is 3.86. The molecule has 1 unspecified atom stereocenters. The Labute approximate surface area is 85.1 Å². The second kappa shape index (κ2) is 4.38. The minimum atomic E-state index is -0.160. The van der Waals surface area contributed by atoms with Gasteiger partial charge in [-0.2, -0.15) is 0 Å². The van der Waals surface area contributed by atoms with Crippen molar-refractivity contribution < 1.29 is 4.79 Å². The Balaban J connectivity index is 2.85. The van der Waals surface area contributed by atoms with Gasteiger partial charge in [-0.25, -0.2) is 0 Å². The third-order valence-corrected chi connectivity index (χ3v) is 2.47. The van der Waals surface area contributed by atoms with E-state index in [1.165, 1.54) is 11.1 Å². The van der Waals surface area contributed by atoms with Crippen LogP contribution in [-0.2, 0) is 4.79 Å². The molecule has 1 aromatic carbocycles. The molecule has 0 heterocycles. The van der Waals surface area contributed by atoms with Crippen LogP contribution in [0.5, 0.6) is 0 Å². The average Bonchev–Trinajstić information content (AvgIpc) is 2.08. The number of ketones is 1. The van der Waals surface area contributed by atoms with Gasteiger partial charge in [0.05, 0.1) is 0 Å². The van der Waals surface area contributed by atoms with Gasteiger partial charge >= 0.3 is 0 Å². The number of aryl methyl sites for hydroxylation is 2. The molecule has 1 atom stereocenters. The normalized spacial score (nSPS) is 12.6. The van der Waals surface area contributed by atoms with Crippen molar-refractivity contribution in [1.82, 2.24) is 0 Å². The molecule has 0 aliphatic rings. The molecule has 0 saturated carbocycles. The molecule has 0 aliphatic heterocycles. The number of nitrogens with two attached hydrogens (primary N) is 1. The predicted octanol–water partition coefficient (Wildman–Crippen LogP) is 2.28. The molecule has 0 spiro atoms. The number of carbonyl (C=O) groups is 1. The summed E-state index contributed by atoms with van der Waals surface area (Å²) in [6, 6.07) is 5.94. The molecule has 2 N–H and O–H groups in total. The first-order valence-corrected chi connectivity index (χ1v) is 4.83. The first-order chi connectivity index (χ1) is 6.50. The monoisotopic (exact) mass is 191 g/mol. The lowest BCUT2D eigenvalue weighted by molar-refractivity contribution is -0.117. The van der Waals surface area contributed by atoms with Gasteiger partial charge in [0.25, 0.3) is 0 Å². The maximum Gasteiger partial charge on any atom is 0.131 e. The maximum atomic E-state index is 10.9. The number of benzene rings is 1. The van der Waals surface area contributed by atoms with Crippen LogP contribution in [-0.4, -0.2) is 5.78 Å². The Morgan fingerprint density at radius 2 is 2.00 bits per heavy atom. The summed E-state index contributed by atoms with van der Waals surface area (Å²) < 4.78 is 0. The van der Waals surface area contributed by atoms with Crippen LogP contribution in [0.25, 0.3) is 0 Å². The van der Waals surface area contributed by atoms with Crippen molar-refractivity contribution in [2.45, 2.75) is 33.2 Å². The minimum absolute atomic E-state index is 0.135. The maximum absolute atomic E-state index is 10.9. The highest BCUT2D eigenvalue weighted by atomic mass is 16.1. The first kappa shape index (κ1) is 10.9. The van der Waals surface area contributed by atoms with Crippen molar-refractivity contribution in [1.29, 1.82) is 0 Å². The van der Waals surface area contributed by atoms with E-state index in [9.17, 15) is 4.79 Å². The molecule has 0 radical (unpaired) electrons. The fourth-order valence-electron chi connectivity index (χ4n) is 1.42. The van der Waals surface area contributed by atoms with Crippen LogP contribution >= 0.6 is 0 Å². The van der Waals surface area contributed by atoms with E-state index in [1.54, 1.807) is 6.92 Å². The quantitative estimate of drug-likeness (QED) is 0.796. The van der Waals surface area contributed by atoms with Crippen molar-refractivity contribution >= 4 is 5.78 Å². The molecule has 1 aromatic rings. The molecule has 1 rings (SSSR count). The lowest BCUT2D eigenvalue weighted by Gasteiger charge is -2.11. The third-order valence-electron chi connectivity index (χ3n) is 2.47. The zero-order valence-corrected chi connectivity index (χ0v) is 9.00. The summed E-state index contributed by atoms with van der Waals surface area (Å²) in [6.45, 7) is 5.69. The van der Waals surface area contributed by atoms with Crippen LogP contribution in [0.2, 0.25) is 0 Å². The van der Waals surface area contributed by atoms with Gasteiger partial charge < -0.3 is 5.73 Å². The Morgan fingerprint density at radius 3 is 2.50 bits per heavy atom. The second-order valence-electron chi connectivity index (χ2n) is 3.86. The zero-order valence-electron chi connectivity index (χ0n) is 9.00. The van der Waals surface area contributed by atoms with E-state index >= 15 is 0 Å². The third kappa shape index (κ3) is 2.67. The fourth-order valence-corrected chi connectivity index (χ4v) is 1.42. The molecule has 0 fully saturated rings. The highest BCUT2D eigenvalue weighted by Crippen LogP contribution is 2.17. The number of hydrogen-bond acceptors (Lipinski definition) is 2. The molecule has 76 valence electrons. The largest absolute Gasteiger partial charge is 0.324 e. The molecule has 0 amide bonds. The SMILES string of the molecule is CC(=O)CC(N)c1ccc(C)c(C)c1. The molecule has 0 aromatic heterocycles. The number of carbonyl (C=O) groups excluding carboxylic acids is 1. The first-order valence-electron chi connectivity index (χ1n) is 4.83. The molecule has 2 nitrogen and oxygen atoms in total. The highest BCUT2D eigenvalue weighted by molar-refractivity contribution is 5.76. The van der Waals surface area contributed by atoms with Gasteiger partial charge in [-0.15, -0.1) is 0 Å². The highest BCUT2D eigenvalue weighted by Gasteiger charge is 2.08. The van der Waals surface area contributed by atoms with E-state index in [2.05, 4.69) is 19.9 Å². The van der Waals surface area contributed by atoms with Gasteiger partial charge in [-0.3, -0.25) is 4.79 Å². The standard InChI is InChI=1S/C12H17NO/c1-8-4-5-11(6-9(8)2)12(13)7-10(3)14/h4-6,12H,7,13H2,1-3H3. The van der Waals surface area contributed by atoms with Gasteiger partial charge in [-0.1, -0.05) is 18.2 Å². The van der Waals surface area contributed by atoms with Crippen LogP contribution in [0.15, 0.2) is 18.2 Å². The summed E-state index contributed by atoms with van der Waals surface area (Å²) in [5, 5.41) is 0. The van der Waals surface area contributed by atoms with Gasteiger partial charge in [0, 0.05) is 12.5 Å². The summed E-state index contributed by atoms with van der Waals surface area (Å²) >= 11 is 0. The fraction of sp³-hybridized carbons (Fsp3) is 0.417. The van der Waals surface area contributed by atoms with Gasteiger partial charge in [-0.05, 0) is 37.5 Å². The van der Waals surface area contributed by atoms with Crippen molar-refractivity contribution in [2.75, 3.05) is 0 Å². The van der Waals surface area contributed by atoms with Crippen LogP contribution < -0.4 is 5.73 Å². The van der Waals surface area contributed by atoms with Crippen LogP contribution in [0.1, 0.15) is 36.1 Å². The Morgan fingerprint density at radius 1 is 1.36 bits per heavy atom. The number of hydrogen-bond donors (Lipinski definition) is 1. The summed E-state index contributed by atoms with van der Waals surface area (Å²) in [7, 11) is 0. The summed E-state index contributed by atoms with van der Waals surface area (Å²) in [6.07, 6.45) is 0.419. The molecular formula is C12H17NO. The van der Waals surface area contributed by atoms with E-state index in [0.717, 1.165) is 5.56 Å². The molecular weight excluding hydrogens is 174 g/mol. The van der Waals surface area contributed by atoms with Crippen molar-refractivity contribution in [2.24, 2.45) is 5.73 Å². The van der Waals surface area contributed by atoms with Crippen LogP contribution in [0.4, 0.5) is 0 Å². The summed E-state index contributed by atoms with van der Waals surface area (Å²) in [4.78, 5) is 10.9. The molecule has 0 aliphatic carbocycles. The molecule has 0 bridgehead atoms. The minimum Gasteiger partial charge on any atom is -0.324 e. The Bertz CT molecular complexity index is 344. The lowest BCUT2D eigenvalue weighted by Crippen LogP contribution is -2.13. The van der Waals surface area contributed by atoms with Gasteiger partial charge in [0.1, 0.15) is 5.78 Å². The van der Waals surface area contributed by atoms with E-state index in [4.69, 9.17) is 5.73 Å². The van der Waals surface area contributed by atoms with Gasteiger partial charge in [0.2, 0.25) is 0 Å². The smallest absolute Gasteiger partial charge is 0.131 e. The lowest BCUT2D eigenvalue weighted by atomic mass is 9.98. The van der Waals surface area contributed by atoms with Crippen molar-refractivity contribution in [3.63, 3.8) is 0 Å². The van der Waals surface area contributed by atoms with Crippen molar-refractivity contribution in [3.05, 3.63) is 34.9 Å². The predicted molar refractivity (Wildman–Crippen MR) is 58.1 cm³/mol. The number of rotatable bonds is 3. The van der Waals surface area contributed by atoms with Crippen molar-refractivity contribution in [3.8, 4) is 0 Å². The van der Waals surface area contributed by atoms with E-state index in [-0.39, 0.29) is 11.8 Å². The Kier molecular flexibility index (Phi) is 3.42. The van der Waals surface area contributed by atoms with Crippen LogP contribution in [0.3, 0.4) is 0 Å². The molecule has 0 saturated heterocycles. The molecule has 2 heteroatoms. The summed E-state index contributed by atoms with van der Waals surface area (Å²) in [5.41, 5.74) is 9.42. The zero-order chi connectivity index (χ0) is 10.7. The van der Waals surface area contributed by atoms with E-state index in [0.29, 0.717) is 6.42 Å².